The second-order valence-corrected chi connectivity index (χ2v) is 14.7. The standard InChI is InChI=1S/C51H28N4O3/c1-2-12-29(13-3-1)38-26-31(28-45-46(38)37-17-7-11-21-43(37)57-45)50-52-49(30-22-23-34-32-14-5-9-19-41(32)56-44(34)27-30)53-51(54-50)55-39-18-8-4-16-36(39)47-40(55)25-24-35-33-15-6-10-20-42(33)58-48(35)47/h1-28H. The molecule has 0 atom stereocenters. The van der Waals surface area contributed by atoms with Crippen molar-refractivity contribution < 1.29 is 13.3 Å². The second kappa shape index (κ2) is 11.7. The van der Waals surface area contributed by atoms with Crippen LogP contribution in [0.25, 0.3) is 127 Å². The van der Waals surface area contributed by atoms with E-state index in [0.717, 1.165) is 110 Å². The molecule has 0 radical (unpaired) electrons. The predicted octanol–water partition coefficient (Wildman–Crippen LogP) is 13.7. The summed E-state index contributed by atoms with van der Waals surface area (Å²) in [6.07, 6.45) is 0. The number of rotatable bonds is 4. The summed E-state index contributed by atoms with van der Waals surface area (Å²) in [4.78, 5) is 15.9. The van der Waals surface area contributed by atoms with Gasteiger partial charge in [-0.25, -0.2) is 4.98 Å². The Hall–Kier alpha value is -8.03. The lowest BCUT2D eigenvalue weighted by molar-refractivity contribution is 0.668. The third kappa shape index (κ3) is 4.46. The molecule has 0 aliphatic carbocycles. The summed E-state index contributed by atoms with van der Waals surface area (Å²) < 4.78 is 21.6. The molecule has 0 fully saturated rings. The van der Waals surface area contributed by atoms with Gasteiger partial charge >= 0.3 is 0 Å². The summed E-state index contributed by atoms with van der Waals surface area (Å²) in [5, 5.41) is 8.40. The first-order valence-electron chi connectivity index (χ1n) is 19.3. The van der Waals surface area contributed by atoms with Gasteiger partial charge in [0.2, 0.25) is 5.95 Å². The SMILES string of the molecule is c1ccc(-c2cc(-c3nc(-c4ccc5c(c4)oc4ccccc45)nc(-n4c5ccccc5c5c6oc7ccccc7c6ccc54)n3)cc3oc4ccccc4c23)cc1. The maximum atomic E-state index is 6.61. The summed E-state index contributed by atoms with van der Waals surface area (Å²) in [6, 6.07) is 57.9. The van der Waals surface area contributed by atoms with Gasteiger partial charge in [0.1, 0.15) is 33.5 Å². The molecule has 58 heavy (non-hydrogen) atoms. The first kappa shape index (κ1) is 31.2. The van der Waals surface area contributed by atoms with Gasteiger partial charge in [0.25, 0.3) is 0 Å². The Bertz CT molecular complexity index is 3810. The highest BCUT2D eigenvalue weighted by molar-refractivity contribution is 6.24. The van der Waals surface area contributed by atoms with Gasteiger partial charge in [-0.3, -0.25) is 4.57 Å². The van der Waals surface area contributed by atoms with Crippen LogP contribution in [0.3, 0.4) is 0 Å². The molecule has 0 saturated heterocycles. The van der Waals surface area contributed by atoms with E-state index in [0.29, 0.717) is 17.6 Å². The normalized spacial score (nSPS) is 12.1. The van der Waals surface area contributed by atoms with Crippen molar-refractivity contribution in [3.8, 4) is 39.9 Å². The molecule has 5 heterocycles. The minimum Gasteiger partial charge on any atom is -0.456 e. The minimum absolute atomic E-state index is 0.484. The van der Waals surface area contributed by atoms with Crippen molar-refractivity contribution in [1.82, 2.24) is 19.5 Å². The van der Waals surface area contributed by atoms with Crippen LogP contribution < -0.4 is 0 Å². The van der Waals surface area contributed by atoms with E-state index in [4.69, 9.17) is 28.2 Å². The van der Waals surface area contributed by atoms with Crippen LogP contribution in [-0.4, -0.2) is 19.5 Å². The van der Waals surface area contributed by atoms with Gasteiger partial charge in [0.15, 0.2) is 11.6 Å². The maximum Gasteiger partial charge on any atom is 0.238 e. The van der Waals surface area contributed by atoms with Crippen LogP contribution in [0.5, 0.6) is 0 Å². The molecule has 13 aromatic rings. The fourth-order valence-electron chi connectivity index (χ4n) is 8.87. The minimum atomic E-state index is 0.484. The van der Waals surface area contributed by atoms with E-state index in [1.807, 2.05) is 72.8 Å². The third-order valence-corrected chi connectivity index (χ3v) is 11.5. The first-order chi connectivity index (χ1) is 28.7. The number of nitrogens with zero attached hydrogens (tertiary/aromatic N) is 4. The number of fused-ring (bicyclic) bond motifs is 13. The monoisotopic (exact) mass is 744 g/mol. The first-order valence-corrected chi connectivity index (χ1v) is 19.3. The Morgan fingerprint density at radius 3 is 1.74 bits per heavy atom. The summed E-state index contributed by atoms with van der Waals surface area (Å²) >= 11 is 0. The number of benzene rings is 8. The van der Waals surface area contributed by atoms with Gasteiger partial charge in [-0.15, -0.1) is 0 Å². The number of para-hydroxylation sites is 4. The van der Waals surface area contributed by atoms with Gasteiger partial charge in [0, 0.05) is 48.8 Å². The van der Waals surface area contributed by atoms with Crippen LogP contribution in [0.1, 0.15) is 0 Å². The summed E-state index contributed by atoms with van der Waals surface area (Å²) in [5.41, 5.74) is 10.5. The van der Waals surface area contributed by atoms with Crippen molar-refractivity contribution in [3.63, 3.8) is 0 Å². The van der Waals surface area contributed by atoms with Crippen molar-refractivity contribution in [2.45, 2.75) is 0 Å². The van der Waals surface area contributed by atoms with Crippen LogP contribution in [0.15, 0.2) is 183 Å². The maximum absolute atomic E-state index is 6.61. The van der Waals surface area contributed by atoms with E-state index in [9.17, 15) is 0 Å². The van der Waals surface area contributed by atoms with Crippen LogP contribution in [0.2, 0.25) is 0 Å². The summed E-state index contributed by atoms with van der Waals surface area (Å²) in [6.45, 7) is 0. The van der Waals surface area contributed by atoms with Gasteiger partial charge < -0.3 is 13.3 Å². The molecule has 7 nitrogen and oxygen atoms in total. The average molecular weight is 745 g/mol. The number of furan rings is 3. The number of aromatic nitrogens is 4. The van der Waals surface area contributed by atoms with E-state index >= 15 is 0 Å². The zero-order valence-corrected chi connectivity index (χ0v) is 30.7. The van der Waals surface area contributed by atoms with E-state index < -0.39 is 0 Å². The summed E-state index contributed by atoms with van der Waals surface area (Å²) in [5.74, 6) is 1.52. The molecule has 7 heteroatoms. The molecule has 0 unspecified atom stereocenters. The lowest BCUT2D eigenvalue weighted by atomic mass is 9.97. The zero-order valence-electron chi connectivity index (χ0n) is 30.7. The molecule has 0 spiro atoms. The van der Waals surface area contributed by atoms with Crippen LogP contribution in [0.4, 0.5) is 0 Å². The molecule has 270 valence electrons. The Morgan fingerprint density at radius 2 is 0.931 bits per heavy atom. The molecule has 13 rings (SSSR count). The van der Waals surface area contributed by atoms with Crippen molar-refractivity contribution >= 4 is 87.6 Å². The van der Waals surface area contributed by atoms with Crippen LogP contribution in [-0.2, 0) is 0 Å². The molecule has 0 aliphatic rings. The Labute approximate surface area is 329 Å². The largest absolute Gasteiger partial charge is 0.456 e. The van der Waals surface area contributed by atoms with Crippen molar-refractivity contribution in [1.29, 1.82) is 0 Å². The highest BCUT2D eigenvalue weighted by Gasteiger charge is 2.23. The molecule has 0 saturated carbocycles. The van der Waals surface area contributed by atoms with Crippen molar-refractivity contribution in [3.05, 3.63) is 170 Å². The summed E-state index contributed by atoms with van der Waals surface area (Å²) in [7, 11) is 0. The van der Waals surface area contributed by atoms with Crippen molar-refractivity contribution in [2.75, 3.05) is 0 Å². The second-order valence-electron chi connectivity index (χ2n) is 14.7. The van der Waals surface area contributed by atoms with Gasteiger partial charge in [-0.05, 0) is 71.8 Å². The molecular weight excluding hydrogens is 717 g/mol. The van der Waals surface area contributed by atoms with E-state index in [-0.39, 0.29) is 0 Å². The van der Waals surface area contributed by atoms with Crippen LogP contribution >= 0.6 is 0 Å². The Kier molecular flexibility index (Phi) is 6.32. The quantitative estimate of drug-likeness (QED) is 0.178. The van der Waals surface area contributed by atoms with E-state index in [1.54, 1.807) is 0 Å². The highest BCUT2D eigenvalue weighted by atomic mass is 16.3. The highest BCUT2D eigenvalue weighted by Crippen LogP contribution is 2.42. The Balaban J connectivity index is 1.12. The molecule has 8 aromatic carbocycles. The predicted molar refractivity (Wildman–Crippen MR) is 232 cm³/mol. The smallest absolute Gasteiger partial charge is 0.238 e. The average Bonchev–Trinajstić information content (AvgIpc) is 4.04. The van der Waals surface area contributed by atoms with Crippen molar-refractivity contribution in [2.24, 2.45) is 0 Å². The van der Waals surface area contributed by atoms with E-state index in [2.05, 4.69) is 102 Å². The lowest BCUT2D eigenvalue weighted by Crippen LogP contribution is -2.06. The molecule has 0 N–H and O–H groups in total. The van der Waals surface area contributed by atoms with Gasteiger partial charge in [-0.1, -0.05) is 109 Å². The zero-order chi connectivity index (χ0) is 37.9. The van der Waals surface area contributed by atoms with Gasteiger partial charge in [0.05, 0.1) is 16.4 Å². The van der Waals surface area contributed by atoms with Crippen LogP contribution in [0, 0.1) is 0 Å². The topological polar surface area (TPSA) is 83.0 Å². The molecular formula is C51H28N4O3. The molecule has 0 amide bonds. The molecule has 5 aromatic heterocycles. The third-order valence-electron chi connectivity index (χ3n) is 11.5. The molecule has 0 bridgehead atoms. The Morgan fingerprint density at radius 1 is 0.345 bits per heavy atom. The number of hydrogen-bond acceptors (Lipinski definition) is 6. The van der Waals surface area contributed by atoms with Gasteiger partial charge in [-0.2, -0.15) is 9.97 Å². The van der Waals surface area contributed by atoms with E-state index in [1.165, 1.54) is 0 Å². The number of hydrogen-bond donors (Lipinski definition) is 0. The lowest BCUT2D eigenvalue weighted by Gasteiger charge is -2.12. The molecule has 0 aliphatic heterocycles. The fraction of sp³-hybridized carbons (Fsp3) is 0. The fourth-order valence-corrected chi connectivity index (χ4v) is 8.87.